The lowest BCUT2D eigenvalue weighted by molar-refractivity contribution is -0.147. The van der Waals surface area contributed by atoms with Gasteiger partial charge in [0.25, 0.3) is 5.91 Å². The zero-order valence-electron chi connectivity index (χ0n) is 12.7. The summed E-state index contributed by atoms with van der Waals surface area (Å²) in [6.45, 7) is 4.45. The van der Waals surface area contributed by atoms with Crippen LogP contribution in [0.4, 0.5) is 5.69 Å². The molecule has 7 heteroatoms. The molecule has 2 rings (SSSR count). The average molecular weight is 294 g/mol. The fourth-order valence-electron chi connectivity index (χ4n) is 2.66. The van der Waals surface area contributed by atoms with Crippen molar-refractivity contribution in [3.05, 3.63) is 11.4 Å². The molecule has 1 aromatic heterocycles. The summed E-state index contributed by atoms with van der Waals surface area (Å²) >= 11 is 0. The van der Waals surface area contributed by atoms with E-state index in [1.165, 1.54) is 12.0 Å². The highest BCUT2D eigenvalue weighted by atomic mass is 16.5. The van der Waals surface area contributed by atoms with Crippen molar-refractivity contribution in [1.29, 1.82) is 0 Å². The maximum atomic E-state index is 12.6. The number of nitrogens with two attached hydrogens (primary N) is 1. The van der Waals surface area contributed by atoms with Crippen LogP contribution in [0.15, 0.2) is 0 Å². The molecule has 1 amide bonds. The number of anilines is 1. The number of hydrogen-bond donors (Lipinski definition) is 2. The minimum Gasteiger partial charge on any atom is -0.467 e. The SMILES string of the molecule is COC(=O)C1CCCCN1C(=O)c1n[nH]c(C(C)C)c1N. The second-order valence-electron chi connectivity index (χ2n) is 5.59. The summed E-state index contributed by atoms with van der Waals surface area (Å²) in [7, 11) is 1.33. The molecule has 21 heavy (non-hydrogen) atoms. The molecule has 0 radical (unpaired) electrons. The minimum absolute atomic E-state index is 0.150. The third kappa shape index (κ3) is 2.86. The average Bonchev–Trinajstić information content (AvgIpc) is 2.87. The Balaban J connectivity index is 2.27. The largest absolute Gasteiger partial charge is 0.467 e. The van der Waals surface area contributed by atoms with E-state index in [9.17, 15) is 9.59 Å². The van der Waals surface area contributed by atoms with Gasteiger partial charge in [0.2, 0.25) is 0 Å². The van der Waals surface area contributed by atoms with E-state index >= 15 is 0 Å². The maximum absolute atomic E-state index is 12.6. The number of carbonyl (C=O) groups is 2. The van der Waals surface area contributed by atoms with E-state index in [4.69, 9.17) is 10.5 Å². The van der Waals surface area contributed by atoms with Crippen molar-refractivity contribution in [2.75, 3.05) is 19.4 Å². The molecule has 0 bridgehead atoms. The van der Waals surface area contributed by atoms with E-state index < -0.39 is 6.04 Å². The van der Waals surface area contributed by atoms with Crippen LogP contribution in [0.1, 0.15) is 55.2 Å². The van der Waals surface area contributed by atoms with E-state index in [1.54, 1.807) is 0 Å². The van der Waals surface area contributed by atoms with E-state index in [2.05, 4.69) is 10.2 Å². The van der Waals surface area contributed by atoms with Crippen molar-refractivity contribution < 1.29 is 14.3 Å². The monoisotopic (exact) mass is 294 g/mol. The third-order valence-electron chi connectivity index (χ3n) is 3.85. The number of piperidine rings is 1. The number of carbonyl (C=O) groups excluding carboxylic acids is 2. The number of nitrogens with zero attached hydrogens (tertiary/aromatic N) is 2. The molecule has 0 spiro atoms. The first-order valence-electron chi connectivity index (χ1n) is 7.19. The van der Waals surface area contributed by atoms with Crippen LogP contribution in [0, 0.1) is 0 Å². The number of esters is 1. The van der Waals surface area contributed by atoms with Crippen LogP contribution in [0.25, 0.3) is 0 Å². The molecule has 1 aliphatic rings. The Morgan fingerprint density at radius 2 is 2.14 bits per heavy atom. The second-order valence-corrected chi connectivity index (χ2v) is 5.59. The molecule has 1 aromatic rings. The molecule has 1 fully saturated rings. The van der Waals surface area contributed by atoms with Crippen molar-refractivity contribution in [3.63, 3.8) is 0 Å². The van der Waals surface area contributed by atoms with Crippen LogP contribution in [-0.2, 0) is 9.53 Å². The summed E-state index contributed by atoms with van der Waals surface area (Å²) < 4.78 is 4.79. The lowest BCUT2D eigenvalue weighted by Crippen LogP contribution is -2.48. The van der Waals surface area contributed by atoms with Gasteiger partial charge < -0.3 is 15.4 Å². The molecule has 3 N–H and O–H groups in total. The van der Waals surface area contributed by atoms with Gasteiger partial charge in [-0.25, -0.2) is 4.79 Å². The number of aromatic amines is 1. The van der Waals surface area contributed by atoms with Gasteiger partial charge in [0.15, 0.2) is 5.69 Å². The Morgan fingerprint density at radius 3 is 2.71 bits per heavy atom. The van der Waals surface area contributed by atoms with Crippen molar-refractivity contribution in [2.24, 2.45) is 0 Å². The Kier molecular flexibility index (Phi) is 4.50. The van der Waals surface area contributed by atoms with Gasteiger partial charge in [-0.2, -0.15) is 5.10 Å². The first-order valence-corrected chi connectivity index (χ1v) is 7.19. The number of aromatic nitrogens is 2. The lowest BCUT2D eigenvalue weighted by Gasteiger charge is -2.33. The first-order chi connectivity index (χ1) is 9.97. The van der Waals surface area contributed by atoms with Crippen molar-refractivity contribution >= 4 is 17.6 Å². The van der Waals surface area contributed by atoms with E-state index in [0.717, 1.165) is 18.5 Å². The number of likely N-dealkylation sites (tertiary alicyclic amines) is 1. The van der Waals surface area contributed by atoms with Crippen LogP contribution in [-0.4, -0.2) is 46.7 Å². The van der Waals surface area contributed by atoms with Gasteiger partial charge in [0, 0.05) is 6.54 Å². The first kappa shape index (κ1) is 15.3. The van der Waals surface area contributed by atoms with Crippen LogP contribution >= 0.6 is 0 Å². The van der Waals surface area contributed by atoms with Crippen LogP contribution in [0.5, 0.6) is 0 Å². The van der Waals surface area contributed by atoms with Gasteiger partial charge >= 0.3 is 5.97 Å². The summed E-state index contributed by atoms with van der Waals surface area (Å²) in [4.78, 5) is 26.0. The Morgan fingerprint density at radius 1 is 1.43 bits per heavy atom. The molecule has 1 atom stereocenters. The summed E-state index contributed by atoms with van der Waals surface area (Å²) in [6.07, 6.45) is 2.37. The van der Waals surface area contributed by atoms with E-state index in [-0.39, 0.29) is 23.5 Å². The highest BCUT2D eigenvalue weighted by Gasteiger charge is 2.35. The number of H-pyrrole nitrogens is 1. The van der Waals surface area contributed by atoms with Gasteiger partial charge in [0.1, 0.15) is 6.04 Å². The topological polar surface area (TPSA) is 101 Å². The molecule has 1 aliphatic heterocycles. The zero-order chi connectivity index (χ0) is 15.6. The highest BCUT2D eigenvalue weighted by Crippen LogP contribution is 2.26. The molecule has 1 unspecified atom stereocenters. The van der Waals surface area contributed by atoms with Gasteiger partial charge in [-0.3, -0.25) is 9.89 Å². The Bertz CT molecular complexity index is 538. The molecule has 7 nitrogen and oxygen atoms in total. The standard InChI is InChI=1S/C14H22N4O3/c1-8(2)11-10(15)12(17-16-11)13(19)18-7-5-4-6-9(18)14(20)21-3/h8-9H,4-7,15H2,1-3H3,(H,16,17). The maximum Gasteiger partial charge on any atom is 0.328 e. The van der Waals surface area contributed by atoms with Crippen LogP contribution in [0.2, 0.25) is 0 Å². The zero-order valence-corrected chi connectivity index (χ0v) is 12.7. The van der Waals surface area contributed by atoms with Crippen molar-refractivity contribution in [2.45, 2.75) is 45.1 Å². The third-order valence-corrected chi connectivity index (χ3v) is 3.85. The predicted molar refractivity (Wildman–Crippen MR) is 77.8 cm³/mol. The Labute approximate surface area is 123 Å². The fraction of sp³-hybridized carbons (Fsp3) is 0.643. The van der Waals surface area contributed by atoms with E-state index in [1.807, 2.05) is 13.8 Å². The molecule has 116 valence electrons. The Hall–Kier alpha value is -2.05. The number of nitrogen functional groups attached to an aromatic ring is 1. The molecule has 2 heterocycles. The minimum atomic E-state index is -0.546. The van der Waals surface area contributed by atoms with Gasteiger partial charge in [-0.05, 0) is 25.2 Å². The molecular formula is C14H22N4O3. The number of hydrogen-bond acceptors (Lipinski definition) is 5. The molecule has 0 aromatic carbocycles. The van der Waals surface area contributed by atoms with Crippen molar-refractivity contribution in [1.82, 2.24) is 15.1 Å². The highest BCUT2D eigenvalue weighted by molar-refractivity contribution is 5.99. The fourth-order valence-corrected chi connectivity index (χ4v) is 2.66. The van der Waals surface area contributed by atoms with E-state index in [0.29, 0.717) is 18.7 Å². The molecular weight excluding hydrogens is 272 g/mol. The second kappa shape index (κ2) is 6.15. The number of amides is 1. The summed E-state index contributed by atoms with van der Waals surface area (Å²) in [5, 5.41) is 6.85. The van der Waals surface area contributed by atoms with Gasteiger partial charge in [0.05, 0.1) is 18.5 Å². The summed E-state index contributed by atoms with van der Waals surface area (Å²) in [5.41, 5.74) is 7.30. The number of methoxy groups -OCH3 is 1. The summed E-state index contributed by atoms with van der Waals surface area (Å²) in [5.74, 6) is -0.552. The molecule has 1 saturated heterocycles. The molecule has 0 aliphatic carbocycles. The van der Waals surface area contributed by atoms with Crippen LogP contribution < -0.4 is 5.73 Å². The van der Waals surface area contributed by atoms with Gasteiger partial charge in [-0.1, -0.05) is 13.8 Å². The van der Waals surface area contributed by atoms with Crippen LogP contribution in [0.3, 0.4) is 0 Å². The smallest absolute Gasteiger partial charge is 0.328 e. The number of nitrogens with one attached hydrogen (secondary N) is 1. The quantitative estimate of drug-likeness (QED) is 0.818. The number of ether oxygens (including phenoxy) is 1. The predicted octanol–water partition coefficient (Wildman–Crippen LogP) is 1.28. The van der Waals surface area contributed by atoms with Gasteiger partial charge in [-0.15, -0.1) is 0 Å². The molecule has 0 saturated carbocycles. The van der Waals surface area contributed by atoms with Crippen molar-refractivity contribution in [3.8, 4) is 0 Å². The summed E-state index contributed by atoms with van der Waals surface area (Å²) in [6, 6.07) is -0.546. The number of rotatable bonds is 3. The normalized spacial score (nSPS) is 18.9. The lowest BCUT2D eigenvalue weighted by atomic mass is 10.0.